The molecule has 1 aromatic heterocycles. The van der Waals surface area contributed by atoms with Gasteiger partial charge in [-0.05, 0) is 31.7 Å². The van der Waals surface area contributed by atoms with E-state index in [0.717, 1.165) is 13.0 Å². The standard InChI is InChI=1S/C12H15N3O2/c16-15(17)11-5-6-12(14-9-11)13-8-7-10-3-1-2-4-10/h3,5-6,9H,1-2,4,7-8H2,(H,13,14). The van der Waals surface area contributed by atoms with Crippen molar-refractivity contribution in [3.8, 4) is 0 Å². The number of hydrogen-bond acceptors (Lipinski definition) is 4. The SMILES string of the molecule is O=[N+]([O-])c1ccc(NCCC2=CCCC2)nc1. The highest BCUT2D eigenvalue weighted by Gasteiger charge is 2.06. The summed E-state index contributed by atoms with van der Waals surface area (Å²) in [5, 5.41) is 13.6. The Bertz CT molecular complexity index is 426. The van der Waals surface area contributed by atoms with Gasteiger partial charge in [-0.3, -0.25) is 10.1 Å². The molecule has 0 aromatic carbocycles. The molecule has 0 saturated heterocycles. The van der Waals surface area contributed by atoms with Crippen molar-refractivity contribution in [2.75, 3.05) is 11.9 Å². The molecule has 0 radical (unpaired) electrons. The molecule has 0 saturated carbocycles. The van der Waals surface area contributed by atoms with Gasteiger partial charge in [0.1, 0.15) is 12.0 Å². The van der Waals surface area contributed by atoms with Crippen LogP contribution in [0.4, 0.5) is 11.5 Å². The fraction of sp³-hybridized carbons (Fsp3) is 0.417. The first-order valence-electron chi connectivity index (χ1n) is 5.78. The van der Waals surface area contributed by atoms with Crippen LogP contribution in [0.25, 0.3) is 0 Å². The lowest BCUT2D eigenvalue weighted by Crippen LogP contribution is -2.04. The van der Waals surface area contributed by atoms with Gasteiger partial charge in [0, 0.05) is 12.6 Å². The number of aromatic nitrogens is 1. The molecule has 0 spiro atoms. The molecular weight excluding hydrogens is 218 g/mol. The van der Waals surface area contributed by atoms with Crippen molar-refractivity contribution in [2.45, 2.75) is 25.7 Å². The van der Waals surface area contributed by atoms with Crippen molar-refractivity contribution in [3.05, 3.63) is 40.1 Å². The quantitative estimate of drug-likeness (QED) is 0.482. The minimum atomic E-state index is -0.444. The smallest absolute Gasteiger partial charge is 0.287 e. The fourth-order valence-electron chi connectivity index (χ4n) is 1.91. The summed E-state index contributed by atoms with van der Waals surface area (Å²) in [6, 6.07) is 3.10. The van der Waals surface area contributed by atoms with Gasteiger partial charge < -0.3 is 5.32 Å². The minimum Gasteiger partial charge on any atom is -0.370 e. The molecule has 2 rings (SSSR count). The first-order valence-corrected chi connectivity index (χ1v) is 5.78. The van der Waals surface area contributed by atoms with Crippen molar-refractivity contribution in [1.29, 1.82) is 0 Å². The molecule has 0 amide bonds. The lowest BCUT2D eigenvalue weighted by Gasteiger charge is -2.05. The van der Waals surface area contributed by atoms with E-state index in [4.69, 9.17) is 0 Å². The maximum absolute atomic E-state index is 10.4. The van der Waals surface area contributed by atoms with Gasteiger partial charge >= 0.3 is 0 Å². The van der Waals surface area contributed by atoms with Crippen LogP contribution in [0, 0.1) is 10.1 Å². The molecule has 1 aliphatic rings. The molecule has 0 bridgehead atoms. The Labute approximate surface area is 99.7 Å². The predicted molar refractivity (Wildman–Crippen MR) is 65.9 cm³/mol. The van der Waals surface area contributed by atoms with Crippen molar-refractivity contribution in [1.82, 2.24) is 4.98 Å². The van der Waals surface area contributed by atoms with E-state index < -0.39 is 4.92 Å². The van der Waals surface area contributed by atoms with Crippen molar-refractivity contribution < 1.29 is 4.92 Å². The Kier molecular flexibility index (Phi) is 3.69. The molecule has 5 nitrogen and oxygen atoms in total. The largest absolute Gasteiger partial charge is 0.370 e. The second-order valence-electron chi connectivity index (χ2n) is 4.09. The average molecular weight is 233 g/mol. The van der Waals surface area contributed by atoms with Gasteiger partial charge in [-0.15, -0.1) is 0 Å². The van der Waals surface area contributed by atoms with Crippen LogP contribution in [0.2, 0.25) is 0 Å². The van der Waals surface area contributed by atoms with Gasteiger partial charge in [-0.1, -0.05) is 11.6 Å². The van der Waals surface area contributed by atoms with E-state index in [1.54, 1.807) is 6.07 Å². The molecule has 0 fully saturated rings. The van der Waals surface area contributed by atoms with Crippen molar-refractivity contribution in [3.63, 3.8) is 0 Å². The molecule has 1 N–H and O–H groups in total. The van der Waals surface area contributed by atoms with Crippen LogP contribution in [0.3, 0.4) is 0 Å². The van der Waals surface area contributed by atoms with Gasteiger partial charge in [0.25, 0.3) is 5.69 Å². The molecule has 90 valence electrons. The maximum Gasteiger partial charge on any atom is 0.287 e. The first kappa shape index (κ1) is 11.6. The predicted octanol–water partition coefficient (Wildman–Crippen LogP) is 2.90. The van der Waals surface area contributed by atoms with E-state index >= 15 is 0 Å². The molecule has 0 aliphatic heterocycles. The van der Waals surface area contributed by atoms with Gasteiger partial charge in [-0.25, -0.2) is 4.98 Å². The normalized spacial score (nSPS) is 14.5. The average Bonchev–Trinajstić information content (AvgIpc) is 2.83. The van der Waals surface area contributed by atoms with Crippen LogP contribution in [0.15, 0.2) is 30.0 Å². The fourth-order valence-corrected chi connectivity index (χ4v) is 1.91. The number of allylic oxidation sites excluding steroid dienone is 1. The highest BCUT2D eigenvalue weighted by atomic mass is 16.6. The number of nitrogens with zero attached hydrogens (tertiary/aromatic N) is 2. The third-order valence-electron chi connectivity index (χ3n) is 2.85. The van der Waals surface area contributed by atoms with E-state index in [0.29, 0.717) is 5.82 Å². The molecule has 0 atom stereocenters. The second kappa shape index (κ2) is 5.43. The Morgan fingerprint density at radius 3 is 2.94 bits per heavy atom. The summed E-state index contributed by atoms with van der Waals surface area (Å²) in [6.45, 7) is 0.830. The summed E-state index contributed by atoms with van der Waals surface area (Å²) in [4.78, 5) is 14.0. The zero-order valence-corrected chi connectivity index (χ0v) is 9.56. The zero-order valence-electron chi connectivity index (χ0n) is 9.56. The van der Waals surface area contributed by atoms with Crippen LogP contribution in [0.5, 0.6) is 0 Å². The summed E-state index contributed by atoms with van der Waals surface area (Å²) in [5.41, 5.74) is 1.52. The highest BCUT2D eigenvalue weighted by Crippen LogP contribution is 2.20. The number of anilines is 1. The molecular formula is C12H15N3O2. The molecule has 0 unspecified atom stereocenters. The summed E-state index contributed by atoms with van der Waals surface area (Å²) in [7, 11) is 0. The Morgan fingerprint density at radius 2 is 2.35 bits per heavy atom. The molecule has 5 heteroatoms. The van der Waals surface area contributed by atoms with Gasteiger partial charge in [0.05, 0.1) is 4.92 Å². The Morgan fingerprint density at radius 1 is 1.47 bits per heavy atom. The number of pyridine rings is 1. The monoisotopic (exact) mass is 233 g/mol. The van der Waals surface area contributed by atoms with Gasteiger partial charge in [0.2, 0.25) is 0 Å². The number of nitrogens with one attached hydrogen (secondary N) is 1. The molecule has 1 heterocycles. The molecule has 1 aromatic rings. The number of hydrogen-bond donors (Lipinski definition) is 1. The van der Waals surface area contributed by atoms with Crippen molar-refractivity contribution >= 4 is 11.5 Å². The minimum absolute atomic E-state index is 0.0223. The van der Waals surface area contributed by atoms with Gasteiger partial charge in [-0.2, -0.15) is 0 Å². The summed E-state index contributed by atoms with van der Waals surface area (Å²) in [5.74, 6) is 0.689. The van der Waals surface area contributed by atoms with E-state index in [-0.39, 0.29) is 5.69 Å². The molecule has 1 aliphatic carbocycles. The van der Waals surface area contributed by atoms with Crippen LogP contribution in [-0.4, -0.2) is 16.5 Å². The summed E-state index contributed by atoms with van der Waals surface area (Å²) >= 11 is 0. The number of nitro groups is 1. The summed E-state index contributed by atoms with van der Waals surface area (Å²) < 4.78 is 0. The Hall–Kier alpha value is -1.91. The molecule has 17 heavy (non-hydrogen) atoms. The van der Waals surface area contributed by atoms with E-state index in [1.165, 1.54) is 37.1 Å². The van der Waals surface area contributed by atoms with E-state index in [2.05, 4.69) is 16.4 Å². The second-order valence-corrected chi connectivity index (χ2v) is 4.09. The third kappa shape index (κ3) is 3.27. The third-order valence-corrected chi connectivity index (χ3v) is 2.85. The maximum atomic E-state index is 10.4. The topological polar surface area (TPSA) is 68.1 Å². The highest BCUT2D eigenvalue weighted by molar-refractivity contribution is 5.40. The van der Waals surface area contributed by atoms with Crippen molar-refractivity contribution in [2.24, 2.45) is 0 Å². The van der Waals surface area contributed by atoms with Crippen LogP contribution < -0.4 is 5.32 Å². The van der Waals surface area contributed by atoms with Gasteiger partial charge in [0.15, 0.2) is 0 Å². The van der Waals surface area contributed by atoms with E-state index in [9.17, 15) is 10.1 Å². The van der Waals surface area contributed by atoms with Crippen LogP contribution >= 0.6 is 0 Å². The Balaban J connectivity index is 1.80. The number of rotatable bonds is 5. The lowest BCUT2D eigenvalue weighted by atomic mass is 10.2. The zero-order chi connectivity index (χ0) is 12.1. The lowest BCUT2D eigenvalue weighted by molar-refractivity contribution is -0.385. The van der Waals surface area contributed by atoms with Crippen LogP contribution in [0.1, 0.15) is 25.7 Å². The first-order chi connectivity index (χ1) is 8.25. The van der Waals surface area contributed by atoms with E-state index in [1.807, 2.05) is 0 Å². The van der Waals surface area contributed by atoms with Crippen LogP contribution in [-0.2, 0) is 0 Å². The summed E-state index contributed by atoms with van der Waals surface area (Å²) in [6.07, 6.45) is 8.27.